The Labute approximate surface area is 319 Å². The minimum atomic E-state index is -2.01. The van der Waals surface area contributed by atoms with Gasteiger partial charge in [-0.3, -0.25) is 14.4 Å². The molecule has 13 nitrogen and oxygen atoms in total. The van der Waals surface area contributed by atoms with E-state index >= 15 is 0 Å². The average molecular weight is 720 g/mol. The Morgan fingerprint density at radius 3 is 2.24 bits per heavy atom. The molecule has 2 aromatic rings. The molecule has 5 N–H and O–H groups in total. The second-order valence-corrected chi connectivity index (χ2v) is 13.4. The molecular weight excluding hydrogens is 673 g/mol. The average Bonchev–Trinajstić information content (AvgIpc) is 3.33. The van der Waals surface area contributed by atoms with E-state index in [0.29, 0.717) is 0 Å². The molecule has 272 valence electrons. The molecule has 0 spiro atoms. The van der Waals surface area contributed by atoms with Gasteiger partial charge in [-0.2, -0.15) is 0 Å². The van der Waals surface area contributed by atoms with Crippen molar-refractivity contribution in [1.29, 1.82) is 0 Å². The zero-order chi connectivity index (χ0) is 37.4. The largest absolute Gasteiger partial charge is 1.00 e. The Bertz CT molecular complexity index is 1770. The number of amides is 1. The zero-order valence-electron chi connectivity index (χ0n) is 30.6. The standard InChI is InChI=1S/C37H47NO12.Na/c1-16-11-10-12-17(2)36(46)38-23-15-24(40)26-27(32(23)44)31(43)21(6)34-28(26)35(45)37(8,50-34)48-14-13-25(47-9)18(3)33(49-22(7)39)20(5)30(42)19(4)29(16)41;/h10-16,18-20,25,29-30,33,40-44H,1-9H3,(H,38,46);/q;+1/p-1/b11-10-,14-13?,17-12-;/t16-,18+,19+,20+,25?,29?,30+,33+,37-;/m0./s1. The predicted molar refractivity (Wildman–Crippen MR) is 182 cm³/mol. The number of fused-ring (bicyclic) bond motifs is 14. The third-order valence-electron chi connectivity index (χ3n) is 9.82. The van der Waals surface area contributed by atoms with E-state index in [2.05, 4.69) is 5.32 Å². The SMILES string of the molecule is COC1C=CO[C@@]2(C)Oc3c(C)c(O)c4c(O)c(cc([O-])c4c3C2=O)NC(=O)/C(C)=C\C=C/[C@H](C)C(O)[C@@H](C)[C@@H](O)[C@@H](C)[C@H](OC(C)=O)[C@@H]1C.[Na+]. The summed E-state index contributed by atoms with van der Waals surface area (Å²) in [5.74, 6) is -8.49. The van der Waals surface area contributed by atoms with Crippen molar-refractivity contribution in [3.05, 3.63) is 53.3 Å². The summed E-state index contributed by atoms with van der Waals surface area (Å²) in [6, 6.07) is 0.951. The van der Waals surface area contributed by atoms with Crippen LogP contribution in [0.3, 0.4) is 0 Å². The van der Waals surface area contributed by atoms with E-state index in [9.17, 15) is 39.9 Å². The number of ketones is 1. The van der Waals surface area contributed by atoms with Gasteiger partial charge in [0.2, 0.25) is 0 Å². The molecule has 5 bridgehead atoms. The molecule has 0 aromatic heterocycles. The number of ether oxygens (including phenoxy) is 4. The molecular formula is C37H46NNaO12. The smallest absolute Gasteiger partial charge is 0.872 e. The van der Waals surface area contributed by atoms with Crippen LogP contribution < -0.4 is 44.7 Å². The first kappa shape index (κ1) is 41.8. The summed E-state index contributed by atoms with van der Waals surface area (Å²) in [6.07, 6.45) is 3.52. The first-order valence-corrected chi connectivity index (χ1v) is 16.4. The van der Waals surface area contributed by atoms with Crippen molar-refractivity contribution in [3.63, 3.8) is 0 Å². The van der Waals surface area contributed by atoms with Gasteiger partial charge in [0, 0.05) is 55.8 Å². The molecule has 1 amide bonds. The number of methoxy groups -OCH3 is 1. The van der Waals surface area contributed by atoms with Crippen LogP contribution in [-0.2, 0) is 23.8 Å². The molecule has 2 aromatic carbocycles. The van der Waals surface area contributed by atoms with Gasteiger partial charge in [0.1, 0.15) is 17.6 Å². The molecule has 14 heteroatoms. The minimum Gasteiger partial charge on any atom is -0.872 e. The van der Waals surface area contributed by atoms with Gasteiger partial charge in [-0.25, -0.2) is 0 Å². The van der Waals surface area contributed by atoms with Crippen LogP contribution in [0.25, 0.3) is 10.8 Å². The van der Waals surface area contributed by atoms with Crippen molar-refractivity contribution in [3.8, 4) is 23.0 Å². The number of carbonyl (C=O) groups is 3. The van der Waals surface area contributed by atoms with Crippen molar-refractivity contribution in [2.75, 3.05) is 12.4 Å². The normalized spacial score (nSPS) is 31.9. The topological polar surface area (TPSA) is 204 Å². The number of nitrogens with one attached hydrogen (secondary N) is 1. The number of carbonyl (C=O) groups excluding carboxylic acids is 3. The number of hydrogen-bond acceptors (Lipinski definition) is 12. The fraction of sp³-hybridized carbons (Fsp3) is 0.486. The van der Waals surface area contributed by atoms with Crippen LogP contribution in [0.1, 0.15) is 64.4 Å². The van der Waals surface area contributed by atoms with Crippen molar-refractivity contribution >= 4 is 34.1 Å². The van der Waals surface area contributed by atoms with E-state index in [-0.39, 0.29) is 68.5 Å². The third-order valence-corrected chi connectivity index (χ3v) is 9.82. The van der Waals surface area contributed by atoms with Crippen LogP contribution in [0.5, 0.6) is 23.0 Å². The molecule has 3 aliphatic heterocycles. The van der Waals surface area contributed by atoms with Gasteiger partial charge >= 0.3 is 41.3 Å². The van der Waals surface area contributed by atoms with Gasteiger partial charge in [0.15, 0.2) is 5.75 Å². The van der Waals surface area contributed by atoms with Gasteiger partial charge in [0.05, 0.1) is 41.2 Å². The number of phenolic OH excluding ortho intramolecular Hbond substituents is 2. The quantitative estimate of drug-likeness (QED) is 0.168. The van der Waals surface area contributed by atoms with E-state index in [4.69, 9.17) is 18.9 Å². The molecule has 5 rings (SSSR count). The van der Waals surface area contributed by atoms with Gasteiger partial charge in [0.25, 0.3) is 11.7 Å². The fourth-order valence-electron chi connectivity index (χ4n) is 6.63. The number of hydrogen-bond donors (Lipinski definition) is 5. The van der Waals surface area contributed by atoms with Gasteiger partial charge < -0.3 is 49.8 Å². The molecule has 2 unspecified atom stereocenters. The molecule has 0 radical (unpaired) electrons. The summed E-state index contributed by atoms with van der Waals surface area (Å²) in [5, 5.41) is 60.2. The van der Waals surface area contributed by atoms with Gasteiger partial charge in [-0.15, -0.1) is 0 Å². The fourth-order valence-corrected chi connectivity index (χ4v) is 6.63. The second kappa shape index (κ2) is 16.4. The Morgan fingerprint density at radius 2 is 1.63 bits per heavy atom. The van der Waals surface area contributed by atoms with Crippen LogP contribution in [0, 0.1) is 30.6 Å². The Morgan fingerprint density at radius 1 is 0.980 bits per heavy atom. The molecule has 9 atom stereocenters. The Hall–Kier alpha value is -3.59. The monoisotopic (exact) mass is 719 g/mol. The van der Waals surface area contributed by atoms with E-state index in [0.717, 1.165) is 6.07 Å². The first-order valence-electron chi connectivity index (χ1n) is 16.4. The van der Waals surface area contributed by atoms with Gasteiger partial charge in [-0.05, 0) is 31.4 Å². The minimum absolute atomic E-state index is 0. The predicted octanol–water partition coefficient (Wildman–Crippen LogP) is 1.13. The van der Waals surface area contributed by atoms with E-state index in [1.54, 1.807) is 39.8 Å². The molecule has 3 heterocycles. The number of esters is 1. The Kier molecular flexibility index (Phi) is 13.4. The van der Waals surface area contributed by atoms with Gasteiger partial charge in [-0.1, -0.05) is 51.7 Å². The number of aliphatic hydroxyl groups excluding tert-OH is 2. The second-order valence-electron chi connectivity index (χ2n) is 13.4. The van der Waals surface area contributed by atoms with Crippen LogP contribution in [0.2, 0.25) is 0 Å². The zero-order valence-corrected chi connectivity index (χ0v) is 32.6. The van der Waals surface area contributed by atoms with Crippen LogP contribution >= 0.6 is 0 Å². The summed E-state index contributed by atoms with van der Waals surface area (Å²) in [4.78, 5) is 39.2. The molecule has 51 heavy (non-hydrogen) atoms. The number of anilines is 1. The van der Waals surface area contributed by atoms with Crippen molar-refractivity contribution in [2.24, 2.45) is 23.7 Å². The maximum atomic E-state index is 13.9. The summed E-state index contributed by atoms with van der Waals surface area (Å²) in [5.41, 5.74) is -0.266. The summed E-state index contributed by atoms with van der Waals surface area (Å²) in [6.45, 7) is 12.4. The van der Waals surface area contributed by atoms with Crippen molar-refractivity contribution in [1.82, 2.24) is 0 Å². The summed E-state index contributed by atoms with van der Waals surface area (Å²) >= 11 is 0. The number of aromatic hydroxyl groups is 2. The molecule has 0 aliphatic carbocycles. The molecule has 0 saturated heterocycles. The maximum Gasteiger partial charge on any atom is 1.00 e. The van der Waals surface area contributed by atoms with Crippen molar-refractivity contribution < 1.29 is 88.4 Å². The van der Waals surface area contributed by atoms with Crippen LogP contribution in [-0.4, -0.2) is 75.4 Å². The number of aliphatic hydroxyl groups is 2. The number of benzene rings is 2. The van der Waals surface area contributed by atoms with E-state index in [1.165, 1.54) is 53.2 Å². The first-order chi connectivity index (χ1) is 23.4. The summed E-state index contributed by atoms with van der Waals surface area (Å²) in [7, 11) is 1.43. The molecule has 0 fully saturated rings. The number of phenols is 2. The van der Waals surface area contributed by atoms with Crippen LogP contribution in [0.4, 0.5) is 5.69 Å². The van der Waals surface area contributed by atoms with Crippen molar-refractivity contribution in [2.45, 2.75) is 85.6 Å². The third kappa shape index (κ3) is 8.08. The molecule has 0 saturated carbocycles. The molecule has 3 aliphatic rings. The summed E-state index contributed by atoms with van der Waals surface area (Å²) < 4.78 is 23.1. The maximum absolute atomic E-state index is 13.9. The number of rotatable bonds is 2. The van der Waals surface area contributed by atoms with E-state index < -0.39 is 88.8 Å². The number of Topliss-reactive ketones (excluding diaryl/α,β-unsaturated/α-hetero) is 1. The van der Waals surface area contributed by atoms with E-state index in [1.807, 2.05) is 0 Å². The Balaban J connectivity index is 0.00000702. The number of allylic oxidation sites excluding steroid dienone is 2. The van der Waals surface area contributed by atoms with Crippen LogP contribution in [0.15, 0.2) is 42.2 Å².